The van der Waals surface area contributed by atoms with E-state index < -0.39 is 5.97 Å². The van der Waals surface area contributed by atoms with Crippen LogP contribution in [-0.4, -0.2) is 18.2 Å². The number of aromatic carboxylic acids is 1. The zero-order valence-corrected chi connectivity index (χ0v) is 18.0. The minimum atomic E-state index is -0.965. The van der Waals surface area contributed by atoms with E-state index in [0.717, 1.165) is 27.5 Å². The molecular weight excluding hydrogens is 414 g/mol. The number of hydrogen-bond acceptors (Lipinski definition) is 4. The number of carboxylic acid groups (broad SMARTS) is 1. The molecule has 0 aliphatic carbocycles. The van der Waals surface area contributed by atoms with Crippen LogP contribution in [0.2, 0.25) is 0 Å². The van der Waals surface area contributed by atoms with E-state index in [9.17, 15) is 10.1 Å². The van der Waals surface area contributed by atoms with Crippen molar-refractivity contribution in [2.75, 3.05) is 7.11 Å². The Bertz CT molecular complexity index is 1380. The SMILES string of the molecule is COc1cc(/C=C(/C#N)c2ccc3ccccc3c2)ccc1OCc1ccc(C(=O)O)cc1. The molecule has 0 aromatic heterocycles. The van der Waals surface area contributed by atoms with Gasteiger partial charge in [0.05, 0.1) is 24.3 Å². The second-order valence-electron chi connectivity index (χ2n) is 7.43. The molecule has 0 aliphatic rings. The summed E-state index contributed by atoms with van der Waals surface area (Å²) in [5.74, 6) is 0.135. The van der Waals surface area contributed by atoms with Gasteiger partial charge in [-0.2, -0.15) is 5.26 Å². The summed E-state index contributed by atoms with van der Waals surface area (Å²) in [5, 5.41) is 21.0. The number of rotatable bonds is 7. The molecule has 0 saturated heterocycles. The number of nitriles is 1. The van der Waals surface area contributed by atoms with E-state index in [1.165, 1.54) is 0 Å². The summed E-state index contributed by atoms with van der Waals surface area (Å²) in [7, 11) is 1.56. The fourth-order valence-corrected chi connectivity index (χ4v) is 3.50. The van der Waals surface area contributed by atoms with E-state index in [1.807, 2.05) is 60.7 Å². The fourth-order valence-electron chi connectivity index (χ4n) is 3.50. The Morgan fingerprint density at radius 1 is 0.909 bits per heavy atom. The number of nitrogens with zero attached hydrogens (tertiary/aromatic N) is 1. The highest BCUT2D eigenvalue weighted by atomic mass is 16.5. The third kappa shape index (κ3) is 5.03. The zero-order valence-electron chi connectivity index (χ0n) is 18.0. The first kappa shape index (κ1) is 21.7. The number of benzene rings is 4. The molecule has 1 N–H and O–H groups in total. The molecular formula is C28H21NO4. The number of hydrogen-bond donors (Lipinski definition) is 1. The van der Waals surface area contributed by atoms with Crippen molar-refractivity contribution >= 4 is 28.4 Å². The van der Waals surface area contributed by atoms with E-state index >= 15 is 0 Å². The monoisotopic (exact) mass is 435 g/mol. The normalized spacial score (nSPS) is 11.1. The van der Waals surface area contributed by atoms with Crippen LogP contribution in [0.4, 0.5) is 0 Å². The van der Waals surface area contributed by atoms with Crippen LogP contribution < -0.4 is 9.47 Å². The summed E-state index contributed by atoms with van der Waals surface area (Å²) in [6.45, 7) is 0.270. The second kappa shape index (κ2) is 9.71. The molecule has 4 aromatic carbocycles. The van der Waals surface area contributed by atoms with Gasteiger partial charge >= 0.3 is 5.97 Å². The van der Waals surface area contributed by atoms with Crippen molar-refractivity contribution in [3.63, 3.8) is 0 Å². The third-order valence-electron chi connectivity index (χ3n) is 5.27. The van der Waals surface area contributed by atoms with E-state index in [4.69, 9.17) is 14.6 Å². The quantitative estimate of drug-likeness (QED) is 0.277. The zero-order chi connectivity index (χ0) is 23.2. The van der Waals surface area contributed by atoms with Gasteiger partial charge in [-0.3, -0.25) is 0 Å². The molecule has 33 heavy (non-hydrogen) atoms. The number of carboxylic acids is 1. The van der Waals surface area contributed by atoms with Gasteiger partial charge in [0.15, 0.2) is 11.5 Å². The van der Waals surface area contributed by atoms with Crippen molar-refractivity contribution in [3.05, 3.63) is 107 Å². The molecule has 0 amide bonds. The predicted molar refractivity (Wildman–Crippen MR) is 128 cm³/mol. The molecule has 0 bridgehead atoms. The Kier molecular flexibility index (Phi) is 6.38. The van der Waals surface area contributed by atoms with Crippen molar-refractivity contribution in [1.82, 2.24) is 0 Å². The highest BCUT2D eigenvalue weighted by molar-refractivity contribution is 5.94. The Morgan fingerprint density at radius 3 is 2.33 bits per heavy atom. The van der Waals surface area contributed by atoms with Gasteiger partial charge in [-0.1, -0.05) is 54.6 Å². The Hall–Kier alpha value is -4.56. The topological polar surface area (TPSA) is 79.5 Å². The second-order valence-corrected chi connectivity index (χ2v) is 7.43. The highest BCUT2D eigenvalue weighted by Gasteiger charge is 2.09. The first-order chi connectivity index (χ1) is 16.1. The lowest BCUT2D eigenvalue weighted by atomic mass is 10.00. The van der Waals surface area contributed by atoms with Crippen LogP contribution in [0.3, 0.4) is 0 Å². The minimum absolute atomic E-state index is 0.229. The first-order valence-electron chi connectivity index (χ1n) is 10.3. The van der Waals surface area contributed by atoms with Crippen LogP contribution in [0.1, 0.15) is 27.0 Å². The maximum absolute atomic E-state index is 11.0. The Morgan fingerprint density at radius 2 is 1.64 bits per heavy atom. The lowest BCUT2D eigenvalue weighted by molar-refractivity contribution is 0.0697. The summed E-state index contributed by atoms with van der Waals surface area (Å²) in [6.07, 6.45) is 1.82. The summed E-state index contributed by atoms with van der Waals surface area (Å²) in [6, 6.07) is 28.3. The van der Waals surface area contributed by atoms with Crippen LogP contribution in [0.25, 0.3) is 22.4 Å². The largest absolute Gasteiger partial charge is 0.493 e. The summed E-state index contributed by atoms with van der Waals surface area (Å²) < 4.78 is 11.4. The molecule has 0 aliphatic heterocycles. The van der Waals surface area contributed by atoms with Crippen LogP contribution in [0, 0.1) is 11.3 Å². The number of fused-ring (bicyclic) bond motifs is 1. The summed E-state index contributed by atoms with van der Waals surface area (Å²) in [4.78, 5) is 11.0. The van der Waals surface area contributed by atoms with Gasteiger partial charge in [0.2, 0.25) is 0 Å². The molecule has 0 spiro atoms. The van der Waals surface area contributed by atoms with Gasteiger partial charge in [0, 0.05) is 0 Å². The Labute approximate surface area is 191 Å². The number of ether oxygens (including phenoxy) is 2. The standard InChI is InChI=1S/C28H21NO4/c1-32-27-15-20(8-13-26(27)33-18-19-6-9-22(10-7-19)28(30)31)14-25(17-29)24-12-11-21-4-2-3-5-23(21)16-24/h2-16H,18H2,1H3,(H,30,31)/b25-14-. The van der Waals surface area contributed by atoms with Crippen LogP contribution in [-0.2, 0) is 6.61 Å². The van der Waals surface area contributed by atoms with Gasteiger partial charge < -0.3 is 14.6 Å². The minimum Gasteiger partial charge on any atom is -0.493 e. The number of carbonyl (C=O) groups is 1. The molecule has 0 radical (unpaired) electrons. The van der Waals surface area contributed by atoms with E-state index in [1.54, 1.807) is 37.4 Å². The predicted octanol–water partition coefficient (Wildman–Crippen LogP) is 6.19. The van der Waals surface area contributed by atoms with Gasteiger partial charge in [-0.15, -0.1) is 0 Å². The van der Waals surface area contributed by atoms with Gasteiger partial charge in [-0.25, -0.2) is 4.79 Å². The average molecular weight is 435 g/mol. The van der Waals surface area contributed by atoms with Crippen LogP contribution in [0.5, 0.6) is 11.5 Å². The van der Waals surface area contributed by atoms with Gasteiger partial charge in [0.25, 0.3) is 0 Å². The molecule has 5 nitrogen and oxygen atoms in total. The van der Waals surface area contributed by atoms with E-state index in [2.05, 4.69) is 6.07 Å². The first-order valence-corrected chi connectivity index (χ1v) is 10.3. The number of allylic oxidation sites excluding steroid dienone is 1. The van der Waals surface area contributed by atoms with Crippen molar-refractivity contribution in [2.45, 2.75) is 6.61 Å². The maximum atomic E-state index is 11.0. The van der Waals surface area contributed by atoms with E-state index in [-0.39, 0.29) is 12.2 Å². The highest BCUT2D eigenvalue weighted by Crippen LogP contribution is 2.31. The molecule has 5 heteroatoms. The molecule has 0 saturated carbocycles. The fraction of sp³-hybridized carbons (Fsp3) is 0.0714. The average Bonchev–Trinajstić information content (AvgIpc) is 2.86. The molecule has 0 atom stereocenters. The molecule has 0 unspecified atom stereocenters. The Balaban J connectivity index is 1.55. The smallest absolute Gasteiger partial charge is 0.335 e. The molecule has 0 heterocycles. The summed E-state index contributed by atoms with van der Waals surface area (Å²) >= 11 is 0. The molecule has 4 aromatic rings. The van der Waals surface area contributed by atoms with Crippen molar-refractivity contribution in [2.24, 2.45) is 0 Å². The van der Waals surface area contributed by atoms with Crippen LogP contribution in [0.15, 0.2) is 84.9 Å². The third-order valence-corrected chi connectivity index (χ3v) is 5.27. The van der Waals surface area contributed by atoms with Gasteiger partial charge in [-0.05, 0) is 63.9 Å². The lowest BCUT2D eigenvalue weighted by Gasteiger charge is -2.12. The van der Waals surface area contributed by atoms with Crippen LogP contribution >= 0.6 is 0 Å². The van der Waals surface area contributed by atoms with E-state index in [0.29, 0.717) is 17.1 Å². The van der Waals surface area contributed by atoms with Crippen molar-refractivity contribution < 1.29 is 19.4 Å². The summed E-state index contributed by atoms with van der Waals surface area (Å²) in [5.41, 5.74) is 3.28. The molecule has 4 rings (SSSR count). The van der Waals surface area contributed by atoms with Gasteiger partial charge in [0.1, 0.15) is 6.61 Å². The molecule has 162 valence electrons. The van der Waals surface area contributed by atoms with Crippen molar-refractivity contribution in [1.29, 1.82) is 5.26 Å². The maximum Gasteiger partial charge on any atom is 0.335 e. The van der Waals surface area contributed by atoms with Crippen molar-refractivity contribution in [3.8, 4) is 17.6 Å². The molecule has 0 fully saturated rings. The lowest BCUT2D eigenvalue weighted by Crippen LogP contribution is -2.00. The number of methoxy groups -OCH3 is 1.